The lowest BCUT2D eigenvalue weighted by Gasteiger charge is -2.22. The third-order valence-corrected chi connectivity index (χ3v) is 3.47. The fraction of sp³-hybridized carbons (Fsp3) is 0.529. The monoisotopic (exact) mass is 329 g/mol. The molecule has 6 heteroatoms. The molecule has 0 aliphatic heterocycles. The third-order valence-electron chi connectivity index (χ3n) is 3.47. The van der Waals surface area contributed by atoms with Gasteiger partial charge >= 0.3 is 12.1 Å². The molecule has 1 aromatic rings. The normalized spacial score (nSPS) is 14.7. The largest absolute Gasteiger partial charge is 0.464 e. The number of hydrogen-bond acceptors (Lipinski definition) is 3. The molecular weight excluding hydrogens is 307 g/mol. The number of aliphatic imine (C=N–C) groups is 1. The summed E-state index contributed by atoms with van der Waals surface area (Å²) in [5.41, 5.74) is -1.23. The number of nitrogens with zero attached hydrogens (tertiary/aromatic N) is 1. The Balaban J connectivity index is 2.94. The van der Waals surface area contributed by atoms with E-state index in [4.69, 9.17) is 4.74 Å². The van der Waals surface area contributed by atoms with Crippen LogP contribution in [0.3, 0.4) is 0 Å². The third kappa shape index (κ3) is 5.69. The molecule has 0 spiro atoms. The molecule has 128 valence electrons. The standard InChI is InChI=1S/C17H22F3NO2/c1-4-6-11-16(3,15(22)23-5-2)21-12-13-7-9-14(10-8-13)17(18,19)20/h7-10,12H,4-6,11H2,1-3H3. The molecule has 0 saturated heterocycles. The first kappa shape index (κ1) is 19.2. The Morgan fingerprint density at radius 1 is 1.22 bits per heavy atom. The van der Waals surface area contributed by atoms with Gasteiger partial charge < -0.3 is 4.74 Å². The quantitative estimate of drug-likeness (QED) is 0.540. The fourth-order valence-electron chi connectivity index (χ4n) is 2.00. The van der Waals surface area contributed by atoms with Crippen LogP contribution in [0.5, 0.6) is 0 Å². The van der Waals surface area contributed by atoms with Crippen molar-refractivity contribution in [3.05, 3.63) is 35.4 Å². The maximum atomic E-state index is 12.5. The van der Waals surface area contributed by atoms with Gasteiger partial charge in [-0.15, -0.1) is 0 Å². The maximum Gasteiger partial charge on any atom is 0.416 e. The number of benzene rings is 1. The van der Waals surface area contributed by atoms with Crippen molar-refractivity contribution in [3.8, 4) is 0 Å². The summed E-state index contributed by atoms with van der Waals surface area (Å²) in [6.07, 6.45) is -0.701. The van der Waals surface area contributed by atoms with Gasteiger partial charge in [0.15, 0.2) is 5.54 Å². The van der Waals surface area contributed by atoms with Crippen LogP contribution in [0.15, 0.2) is 29.3 Å². The number of halogens is 3. The second-order valence-electron chi connectivity index (χ2n) is 5.48. The summed E-state index contributed by atoms with van der Waals surface area (Å²) in [6.45, 7) is 5.67. The summed E-state index contributed by atoms with van der Waals surface area (Å²) >= 11 is 0. The second-order valence-corrected chi connectivity index (χ2v) is 5.48. The van der Waals surface area contributed by atoms with Gasteiger partial charge in [0.2, 0.25) is 0 Å². The van der Waals surface area contributed by atoms with Gasteiger partial charge in [-0.25, -0.2) is 4.79 Å². The molecule has 0 radical (unpaired) electrons. The molecule has 3 nitrogen and oxygen atoms in total. The van der Waals surface area contributed by atoms with Crippen LogP contribution in [0.25, 0.3) is 0 Å². The van der Waals surface area contributed by atoms with E-state index >= 15 is 0 Å². The van der Waals surface area contributed by atoms with E-state index in [2.05, 4.69) is 4.99 Å². The molecule has 0 aromatic heterocycles. The molecule has 1 rings (SSSR count). The summed E-state index contributed by atoms with van der Waals surface area (Å²) in [4.78, 5) is 16.4. The number of esters is 1. The Hall–Kier alpha value is -1.85. The van der Waals surface area contributed by atoms with Gasteiger partial charge in [-0.3, -0.25) is 4.99 Å². The van der Waals surface area contributed by atoms with Crippen molar-refractivity contribution in [1.82, 2.24) is 0 Å². The predicted octanol–water partition coefficient (Wildman–Crippen LogP) is 4.64. The Labute approximate surface area is 134 Å². The Morgan fingerprint density at radius 3 is 2.30 bits per heavy atom. The molecular formula is C17H22F3NO2. The minimum atomic E-state index is -4.36. The molecule has 0 fully saturated rings. The number of unbranched alkanes of at least 4 members (excludes halogenated alkanes) is 1. The molecule has 0 aliphatic carbocycles. The first-order valence-corrected chi connectivity index (χ1v) is 7.62. The van der Waals surface area contributed by atoms with Crippen molar-refractivity contribution >= 4 is 12.2 Å². The van der Waals surface area contributed by atoms with E-state index in [1.165, 1.54) is 18.3 Å². The summed E-state index contributed by atoms with van der Waals surface area (Å²) < 4.78 is 42.6. The Kier molecular flexibility index (Phi) is 6.79. The van der Waals surface area contributed by atoms with Gasteiger partial charge in [0, 0.05) is 6.21 Å². The van der Waals surface area contributed by atoms with Crippen LogP contribution in [0.1, 0.15) is 51.2 Å². The topological polar surface area (TPSA) is 38.7 Å². The molecule has 0 bridgehead atoms. The number of alkyl halides is 3. The average Bonchev–Trinajstić information content (AvgIpc) is 2.50. The van der Waals surface area contributed by atoms with Crippen molar-refractivity contribution < 1.29 is 22.7 Å². The number of carbonyl (C=O) groups excluding carboxylic acids is 1. The lowest BCUT2D eigenvalue weighted by molar-refractivity contribution is -0.149. The minimum absolute atomic E-state index is 0.260. The number of ether oxygens (including phenoxy) is 1. The predicted molar refractivity (Wildman–Crippen MR) is 83.6 cm³/mol. The number of hydrogen-bond donors (Lipinski definition) is 0. The molecule has 0 aliphatic rings. The molecule has 1 atom stereocenters. The highest BCUT2D eigenvalue weighted by Gasteiger charge is 2.33. The molecule has 1 aromatic carbocycles. The molecule has 0 saturated carbocycles. The van der Waals surface area contributed by atoms with E-state index in [1.54, 1.807) is 13.8 Å². The molecule has 0 heterocycles. The van der Waals surface area contributed by atoms with Gasteiger partial charge in [0.05, 0.1) is 12.2 Å². The fourth-order valence-corrected chi connectivity index (χ4v) is 2.00. The number of carbonyl (C=O) groups is 1. The highest BCUT2D eigenvalue weighted by Crippen LogP contribution is 2.29. The van der Waals surface area contributed by atoms with Gasteiger partial charge in [-0.2, -0.15) is 13.2 Å². The van der Waals surface area contributed by atoms with Crippen LogP contribution < -0.4 is 0 Å². The summed E-state index contributed by atoms with van der Waals surface area (Å²) in [5.74, 6) is -0.420. The van der Waals surface area contributed by atoms with Crippen LogP contribution in [-0.4, -0.2) is 24.3 Å². The Bertz CT molecular complexity index is 538. The van der Waals surface area contributed by atoms with Crippen molar-refractivity contribution in [3.63, 3.8) is 0 Å². The van der Waals surface area contributed by atoms with Crippen molar-refractivity contribution in [2.45, 2.75) is 51.7 Å². The lowest BCUT2D eigenvalue weighted by Crippen LogP contribution is -2.35. The van der Waals surface area contributed by atoms with Gasteiger partial charge in [0.1, 0.15) is 0 Å². The molecule has 0 amide bonds. The molecule has 23 heavy (non-hydrogen) atoms. The van der Waals surface area contributed by atoms with Gasteiger partial charge in [0.25, 0.3) is 0 Å². The van der Waals surface area contributed by atoms with Gasteiger partial charge in [-0.05, 0) is 38.0 Å². The molecule has 0 N–H and O–H groups in total. The summed E-state index contributed by atoms with van der Waals surface area (Å²) in [5, 5.41) is 0. The second kappa shape index (κ2) is 8.13. The molecule has 1 unspecified atom stereocenters. The SMILES string of the molecule is CCCCC(C)(N=Cc1ccc(C(F)(F)F)cc1)C(=O)OCC. The van der Waals surface area contributed by atoms with E-state index in [0.29, 0.717) is 12.0 Å². The van der Waals surface area contributed by atoms with Crippen molar-refractivity contribution in [2.24, 2.45) is 4.99 Å². The van der Waals surface area contributed by atoms with E-state index in [9.17, 15) is 18.0 Å². The van der Waals surface area contributed by atoms with Crippen molar-refractivity contribution in [2.75, 3.05) is 6.61 Å². The van der Waals surface area contributed by atoms with E-state index in [-0.39, 0.29) is 6.61 Å². The first-order valence-electron chi connectivity index (χ1n) is 7.62. The van der Waals surface area contributed by atoms with Crippen LogP contribution in [0, 0.1) is 0 Å². The minimum Gasteiger partial charge on any atom is -0.464 e. The van der Waals surface area contributed by atoms with E-state index in [0.717, 1.165) is 25.0 Å². The van der Waals surface area contributed by atoms with E-state index in [1.807, 2.05) is 6.92 Å². The zero-order chi connectivity index (χ0) is 17.5. The van der Waals surface area contributed by atoms with Crippen LogP contribution in [0.4, 0.5) is 13.2 Å². The summed E-state index contributed by atoms with van der Waals surface area (Å²) in [6, 6.07) is 4.65. The smallest absolute Gasteiger partial charge is 0.416 e. The maximum absolute atomic E-state index is 12.5. The van der Waals surface area contributed by atoms with Crippen LogP contribution in [-0.2, 0) is 15.7 Å². The van der Waals surface area contributed by atoms with Crippen LogP contribution >= 0.6 is 0 Å². The number of rotatable bonds is 7. The Morgan fingerprint density at radius 2 is 1.83 bits per heavy atom. The first-order chi connectivity index (χ1) is 10.7. The van der Waals surface area contributed by atoms with E-state index < -0.39 is 23.2 Å². The highest BCUT2D eigenvalue weighted by molar-refractivity contribution is 5.86. The summed E-state index contributed by atoms with van der Waals surface area (Å²) in [7, 11) is 0. The zero-order valence-corrected chi connectivity index (χ0v) is 13.6. The van der Waals surface area contributed by atoms with Crippen LogP contribution in [0.2, 0.25) is 0 Å². The lowest BCUT2D eigenvalue weighted by atomic mass is 9.95. The average molecular weight is 329 g/mol. The van der Waals surface area contributed by atoms with Crippen molar-refractivity contribution in [1.29, 1.82) is 0 Å². The van der Waals surface area contributed by atoms with Gasteiger partial charge in [-0.1, -0.05) is 31.9 Å². The zero-order valence-electron chi connectivity index (χ0n) is 13.6. The highest BCUT2D eigenvalue weighted by atomic mass is 19.4.